The van der Waals surface area contributed by atoms with E-state index in [1.165, 1.54) is 12.3 Å². The lowest BCUT2D eigenvalue weighted by atomic mass is 10.2. The average Bonchev–Trinajstić information content (AvgIpc) is 2.31. The van der Waals surface area contributed by atoms with Gasteiger partial charge in [-0.15, -0.1) is 0 Å². The van der Waals surface area contributed by atoms with Gasteiger partial charge in [-0.3, -0.25) is 14.9 Å². The molecule has 18 heavy (non-hydrogen) atoms. The fraction of sp³-hybridized carbons (Fsp3) is 0.333. The SMILES string of the molecule is CCOC(=O)CC=Cc1ncc([N+](=O)[O-])cc1C. The van der Waals surface area contributed by atoms with Crippen LogP contribution in [0.3, 0.4) is 0 Å². The van der Waals surface area contributed by atoms with E-state index in [-0.39, 0.29) is 18.1 Å². The lowest BCUT2D eigenvalue weighted by Gasteiger charge is -1.99. The first kappa shape index (κ1) is 13.8. The van der Waals surface area contributed by atoms with Gasteiger partial charge in [-0.25, -0.2) is 4.98 Å². The monoisotopic (exact) mass is 250 g/mol. The zero-order chi connectivity index (χ0) is 13.5. The van der Waals surface area contributed by atoms with Crippen LogP contribution in [0.1, 0.15) is 24.6 Å². The fourth-order valence-electron chi connectivity index (χ4n) is 1.33. The Balaban J connectivity index is 2.71. The molecule has 0 amide bonds. The third-order valence-corrected chi connectivity index (χ3v) is 2.18. The number of aromatic nitrogens is 1. The second kappa shape index (κ2) is 6.48. The van der Waals surface area contributed by atoms with Gasteiger partial charge in [0.2, 0.25) is 0 Å². The third-order valence-electron chi connectivity index (χ3n) is 2.18. The first-order valence-corrected chi connectivity index (χ1v) is 5.47. The maximum absolute atomic E-state index is 11.1. The van der Waals surface area contributed by atoms with E-state index in [0.717, 1.165) is 0 Å². The number of aryl methyl sites for hydroxylation is 1. The number of carbonyl (C=O) groups excluding carboxylic acids is 1. The van der Waals surface area contributed by atoms with E-state index in [4.69, 9.17) is 4.74 Å². The number of ether oxygens (including phenoxy) is 1. The molecule has 0 aliphatic rings. The molecule has 0 bridgehead atoms. The minimum absolute atomic E-state index is 0.0463. The van der Waals surface area contributed by atoms with Gasteiger partial charge in [0.1, 0.15) is 6.20 Å². The second-order valence-electron chi connectivity index (χ2n) is 3.56. The van der Waals surface area contributed by atoms with Gasteiger partial charge in [-0.1, -0.05) is 6.08 Å². The van der Waals surface area contributed by atoms with Crippen LogP contribution in [0, 0.1) is 17.0 Å². The van der Waals surface area contributed by atoms with Crippen LogP contribution in [0.2, 0.25) is 0 Å². The number of esters is 1. The van der Waals surface area contributed by atoms with Crippen molar-refractivity contribution < 1.29 is 14.5 Å². The van der Waals surface area contributed by atoms with Crippen molar-refractivity contribution in [2.75, 3.05) is 6.61 Å². The summed E-state index contributed by atoms with van der Waals surface area (Å²) in [5.74, 6) is -0.312. The highest BCUT2D eigenvalue weighted by Gasteiger charge is 2.07. The molecule has 0 saturated heterocycles. The number of nitrogens with zero attached hydrogens (tertiary/aromatic N) is 2. The van der Waals surface area contributed by atoms with Gasteiger partial charge < -0.3 is 4.74 Å². The second-order valence-corrected chi connectivity index (χ2v) is 3.56. The predicted molar refractivity (Wildman–Crippen MR) is 65.9 cm³/mol. The molecule has 0 aliphatic heterocycles. The standard InChI is InChI=1S/C12H14N2O4/c1-3-18-12(15)6-4-5-11-9(2)7-10(8-13-11)14(16)17/h4-5,7-8H,3,6H2,1-2H3. The maximum Gasteiger partial charge on any atom is 0.309 e. The molecule has 0 unspecified atom stereocenters. The molecule has 0 saturated carbocycles. The molecular weight excluding hydrogens is 236 g/mol. The highest BCUT2D eigenvalue weighted by molar-refractivity contribution is 5.72. The van der Waals surface area contributed by atoms with Gasteiger partial charge in [0.25, 0.3) is 5.69 Å². The number of carbonyl (C=O) groups is 1. The maximum atomic E-state index is 11.1. The van der Waals surface area contributed by atoms with Crippen LogP contribution in [0.4, 0.5) is 5.69 Å². The lowest BCUT2D eigenvalue weighted by molar-refractivity contribution is -0.385. The summed E-state index contributed by atoms with van der Waals surface area (Å²) in [6.07, 6.45) is 4.62. The number of hydrogen-bond acceptors (Lipinski definition) is 5. The van der Waals surface area contributed by atoms with E-state index in [1.807, 2.05) is 0 Å². The predicted octanol–water partition coefficient (Wildman–Crippen LogP) is 2.26. The molecule has 0 spiro atoms. The molecule has 6 nitrogen and oxygen atoms in total. The van der Waals surface area contributed by atoms with Crippen LogP contribution in [-0.4, -0.2) is 22.5 Å². The molecule has 1 aromatic rings. The van der Waals surface area contributed by atoms with Crippen molar-refractivity contribution in [2.45, 2.75) is 20.3 Å². The van der Waals surface area contributed by atoms with E-state index >= 15 is 0 Å². The Morgan fingerprint density at radius 2 is 2.33 bits per heavy atom. The largest absolute Gasteiger partial charge is 0.466 e. The van der Waals surface area contributed by atoms with Crippen LogP contribution in [0.15, 0.2) is 18.3 Å². The normalized spacial score (nSPS) is 10.6. The summed E-state index contributed by atoms with van der Waals surface area (Å²) in [7, 11) is 0. The molecule has 0 fully saturated rings. The summed E-state index contributed by atoms with van der Waals surface area (Å²) in [4.78, 5) is 25.1. The Kier molecular flexibility index (Phi) is 4.98. The molecule has 1 rings (SSSR count). The van der Waals surface area contributed by atoms with Crippen molar-refractivity contribution >= 4 is 17.7 Å². The minimum Gasteiger partial charge on any atom is -0.466 e. The van der Waals surface area contributed by atoms with Gasteiger partial charge in [-0.2, -0.15) is 0 Å². The smallest absolute Gasteiger partial charge is 0.309 e. The van der Waals surface area contributed by atoms with Crippen LogP contribution < -0.4 is 0 Å². The Morgan fingerprint density at radius 3 is 2.89 bits per heavy atom. The molecule has 0 N–H and O–H groups in total. The molecule has 0 aromatic carbocycles. The topological polar surface area (TPSA) is 82.3 Å². The van der Waals surface area contributed by atoms with Gasteiger partial charge in [-0.05, 0) is 25.5 Å². The molecule has 96 valence electrons. The van der Waals surface area contributed by atoms with Crippen molar-refractivity contribution in [1.82, 2.24) is 4.98 Å². The molecule has 6 heteroatoms. The van der Waals surface area contributed by atoms with Crippen LogP contribution in [-0.2, 0) is 9.53 Å². The zero-order valence-corrected chi connectivity index (χ0v) is 10.3. The number of rotatable bonds is 5. The van der Waals surface area contributed by atoms with Gasteiger partial charge >= 0.3 is 5.97 Å². The first-order valence-electron chi connectivity index (χ1n) is 5.47. The first-order chi connectivity index (χ1) is 8.54. The fourth-order valence-corrected chi connectivity index (χ4v) is 1.33. The molecular formula is C12H14N2O4. The highest BCUT2D eigenvalue weighted by Crippen LogP contribution is 2.15. The Morgan fingerprint density at radius 1 is 1.61 bits per heavy atom. The van der Waals surface area contributed by atoms with E-state index in [9.17, 15) is 14.9 Å². The van der Waals surface area contributed by atoms with Crippen molar-refractivity contribution in [3.63, 3.8) is 0 Å². The summed E-state index contributed by atoms with van der Waals surface area (Å²) in [6.45, 7) is 3.81. The van der Waals surface area contributed by atoms with Crippen molar-refractivity contribution in [1.29, 1.82) is 0 Å². The summed E-state index contributed by atoms with van der Waals surface area (Å²) in [5.41, 5.74) is 1.24. The quantitative estimate of drug-likeness (QED) is 0.454. The molecule has 1 heterocycles. The average molecular weight is 250 g/mol. The molecule has 0 radical (unpaired) electrons. The molecule has 1 aromatic heterocycles. The lowest BCUT2D eigenvalue weighted by Crippen LogP contribution is -2.01. The van der Waals surface area contributed by atoms with Gasteiger partial charge in [0, 0.05) is 6.07 Å². The summed E-state index contributed by atoms with van der Waals surface area (Å²) in [6, 6.07) is 1.44. The van der Waals surface area contributed by atoms with Crippen LogP contribution in [0.25, 0.3) is 6.08 Å². The van der Waals surface area contributed by atoms with Gasteiger partial charge in [0.05, 0.1) is 23.6 Å². The van der Waals surface area contributed by atoms with Crippen LogP contribution >= 0.6 is 0 Å². The van der Waals surface area contributed by atoms with Crippen LogP contribution in [0.5, 0.6) is 0 Å². The summed E-state index contributed by atoms with van der Waals surface area (Å²) in [5, 5.41) is 10.5. The summed E-state index contributed by atoms with van der Waals surface area (Å²) < 4.78 is 4.76. The Hall–Kier alpha value is -2.24. The van der Waals surface area contributed by atoms with Crippen molar-refractivity contribution in [3.8, 4) is 0 Å². The van der Waals surface area contributed by atoms with Crippen molar-refractivity contribution in [3.05, 3.63) is 39.7 Å². The van der Waals surface area contributed by atoms with E-state index in [2.05, 4.69) is 4.98 Å². The minimum atomic E-state index is -0.494. The highest BCUT2D eigenvalue weighted by atomic mass is 16.6. The van der Waals surface area contributed by atoms with E-state index in [1.54, 1.807) is 26.0 Å². The Labute approximate surface area is 104 Å². The number of nitro groups is 1. The summed E-state index contributed by atoms with van der Waals surface area (Å²) >= 11 is 0. The van der Waals surface area contributed by atoms with E-state index < -0.39 is 4.92 Å². The molecule has 0 aliphatic carbocycles. The number of hydrogen-bond donors (Lipinski definition) is 0. The molecule has 0 atom stereocenters. The number of pyridine rings is 1. The Bertz CT molecular complexity index is 483. The third kappa shape index (κ3) is 3.97. The van der Waals surface area contributed by atoms with E-state index in [0.29, 0.717) is 17.9 Å². The van der Waals surface area contributed by atoms with Crippen molar-refractivity contribution in [2.24, 2.45) is 0 Å². The van der Waals surface area contributed by atoms with Gasteiger partial charge in [0.15, 0.2) is 0 Å². The zero-order valence-electron chi connectivity index (χ0n) is 10.3.